The molecule has 4 nitrogen and oxygen atoms in total. The monoisotopic (exact) mass is 307 g/mol. The van der Waals surface area contributed by atoms with E-state index in [4.69, 9.17) is 4.74 Å². The van der Waals surface area contributed by atoms with Gasteiger partial charge in [-0.2, -0.15) is 0 Å². The molecule has 2 rings (SSSR count). The Labute approximate surface area is 115 Å². The predicted octanol–water partition coefficient (Wildman–Crippen LogP) is 3.17. The topological polar surface area (TPSA) is 47.0 Å². The van der Waals surface area contributed by atoms with E-state index in [0.717, 1.165) is 27.3 Å². The van der Waals surface area contributed by atoms with Gasteiger partial charge >= 0.3 is 0 Å². The molecule has 0 saturated carbocycles. The van der Waals surface area contributed by atoms with E-state index in [9.17, 15) is 0 Å². The van der Waals surface area contributed by atoms with Gasteiger partial charge in [-0.1, -0.05) is 15.9 Å². The molecule has 0 atom stereocenters. The van der Waals surface area contributed by atoms with Crippen molar-refractivity contribution in [3.8, 4) is 5.75 Å². The Bertz CT molecular complexity index is 528. The second kappa shape index (κ2) is 5.82. The van der Waals surface area contributed by atoms with Crippen LogP contribution in [0.25, 0.3) is 0 Å². The molecule has 1 N–H and O–H groups in total. The molecule has 0 bridgehead atoms. The lowest BCUT2D eigenvalue weighted by Crippen LogP contribution is -2.01. The second-order valence-electron chi connectivity index (χ2n) is 3.84. The zero-order valence-corrected chi connectivity index (χ0v) is 11.9. The summed E-state index contributed by atoms with van der Waals surface area (Å²) in [5.41, 5.74) is 1.89. The zero-order valence-electron chi connectivity index (χ0n) is 10.3. The molecule has 0 radical (unpaired) electrons. The van der Waals surface area contributed by atoms with Crippen LogP contribution in [0.4, 0.5) is 5.82 Å². The molecular weight excluding hydrogens is 294 g/mol. The predicted molar refractivity (Wildman–Crippen MR) is 74.8 cm³/mol. The SMILES string of the molecule is CNc1cnc(COc2ccc(Br)cc2C)cn1. The second-order valence-corrected chi connectivity index (χ2v) is 4.76. The molecule has 94 valence electrons. The van der Waals surface area contributed by atoms with Crippen molar-refractivity contribution in [1.82, 2.24) is 9.97 Å². The summed E-state index contributed by atoms with van der Waals surface area (Å²) in [5, 5.41) is 2.92. The fourth-order valence-electron chi connectivity index (χ4n) is 1.48. The largest absolute Gasteiger partial charge is 0.487 e. The maximum absolute atomic E-state index is 5.71. The average molecular weight is 308 g/mol. The van der Waals surface area contributed by atoms with Crippen molar-refractivity contribution in [2.45, 2.75) is 13.5 Å². The van der Waals surface area contributed by atoms with E-state index in [1.54, 1.807) is 12.4 Å². The first-order valence-corrected chi connectivity index (χ1v) is 6.36. The molecule has 1 heterocycles. The molecule has 0 amide bonds. The average Bonchev–Trinajstić information content (AvgIpc) is 2.38. The third-order valence-corrected chi connectivity index (χ3v) is 2.97. The molecule has 0 aliphatic rings. The Balaban J connectivity index is 2.02. The first kappa shape index (κ1) is 12.8. The van der Waals surface area contributed by atoms with Crippen LogP contribution in [0.5, 0.6) is 5.75 Å². The van der Waals surface area contributed by atoms with Crippen LogP contribution >= 0.6 is 15.9 Å². The highest BCUT2D eigenvalue weighted by Gasteiger charge is 2.02. The Kier molecular flexibility index (Phi) is 4.15. The lowest BCUT2D eigenvalue weighted by atomic mass is 10.2. The molecule has 5 heteroatoms. The summed E-state index contributed by atoms with van der Waals surface area (Å²) in [7, 11) is 1.81. The van der Waals surface area contributed by atoms with Gasteiger partial charge in [-0.15, -0.1) is 0 Å². The quantitative estimate of drug-likeness (QED) is 0.942. The number of nitrogens with zero attached hydrogens (tertiary/aromatic N) is 2. The number of benzene rings is 1. The molecule has 1 aromatic heterocycles. The summed E-state index contributed by atoms with van der Waals surface area (Å²) in [6.07, 6.45) is 3.40. The minimum atomic E-state index is 0.416. The van der Waals surface area contributed by atoms with Crippen molar-refractivity contribution in [3.05, 3.63) is 46.3 Å². The van der Waals surface area contributed by atoms with Gasteiger partial charge in [0.15, 0.2) is 0 Å². The molecule has 0 aliphatic heterocycles. The van der Waals surface area contributed by atoms with Crippen molar-refractivity contribution in [1.29, 1.82) is 0 Å². The highest BCUT2D eigenvalue weighted by atomic mass is 79.9. The fraction of sp³-hybridized carbons (Fsp3) is 0.231. The van der Waals surface area contributed by atoms with Gasteiger partial charge in [-0.3, -0.25) is 4.98 Å². The van der Waals surface area contributed by atoms with Crippen LogP contribution in [0.2, 0.25) is 0 Å². The van der Waals surface area contributed by atoms with Crippen molar-refractivity contribution in [3.63, 3.8) is 0 Å². The molecular formula is C13H14BrN3O. The minimum Gasteiger partial charge on any atom is -0.487 e. The van der Waals surface area contributed by atoms with Crippen LogP contribution in [-0.4, -0.2) is 17.0 Å². The van der Waals surface area contributed by atoms with E-state index in [1.807, 2.05) is 32.2 Å². The van der Waals surface area contributed by atoms with Crippen LogP contribution in [0.15, 0.2) is 35.1 Å². The van der Waals surface area contributed by atoms with E-state index >= 15 is 0 Å². The molecule has 0 aliphatic carbocycles. The summed E-state index contributed by atoms with van der Waals surface area (Å²) < 4.78 is 6.75. The third-order valence-electron chi connectivity index (χ3n) is 2.47. The van der Waals surface area contributed by atoms with Crippen LogP contribution in [0, 0.1) is 6.92 Å². The third kappa shape index (κ3) is 3.20. The van der Waals surface area contributed by atoms with Crippen molar-refractivity contribution in [2.24, 2.45) is 0 Å². The molecule has 0 spiro atoms. The van der Waals surface area contributed by atoms with Gasteiger partial charge < -0.3 is 10.1 Å². The normalized spacial score (nSPS) is 10.2. The zero-order chi connectivity index (χ0) is 13.0. The Morgan fingerprint density at radius 1 is 1.28 bits per heavy atom. The van der Waals surface area contributed by atoms with Gasteiger partial charge in [-0.05, 0) is 30.7 Å². The van der Waals surface area contributed by atoms with E-state index in [-0.39, 0.29) is 0 Å². The highest BCUT2D eigenvalue weighted by Crippen LogP contribution is 2.22. The molecule has 2 aromatic rings. The lowest BCUT2D eigenvalue weighted by molar-refractivity contribution is 0.298. The van der Waals surface area contributed by atoms with Crippen LogP contribution in [0.1, 0.15) is 11.3 Å². The van der Waals surface area contributed by atoms with Gasteiger partial charge in [0.1, 0.15) is 18.2 Å². The summed E-state index contributed by atoms with van der Waals surface area (Å²) in [6, 6.07) is 5.91. The molecule has 0 unspecified atom stereocenters. The van der Waals surface area contributed by atoms with E-state index in [2.05, 4.69) is 31.2 Å². The first-order chi connectivity index (χ1) is 8.69. The van der Waals surface area contributed by atoms with Crippen LogP contribution in [0.3, 0.4) is 0 Å². The smallest absolute Gasteiger partial charge is 0.144 e. The van der Waals surface area contributed by atoms with E-state index in [1.165, 1.54) is 0 Å². The number of hydrogen-bond acceptors (Lipinski definition) is 4. The van der Waals surface area contributed by atoms with E-state index < -0.39 is 0 Å². The number of aryl methyl sites for hydroxylation is 1. The van der Waals surface area contributed by atoms with E-state index in [0.29, 0.717) is 6.61 Å². The molecule has 0 saturated heterocycles. The number of halogens is 1. The fourth-order valence-corrected chi connectivity index (χ4v) is 1.96. The van der Waals surface area contributed by atoms with Crippen molar-refractivity contribution in [2.75, 3.05) is 12.4 Å². The highest BCUT2D eigenvalue weighted by molar-refractivity contribution is 9.10. The molecule has 1 aromatic carbocycles. The van der Waals surface area contributed by atoms with Gasteiger partial charge in [0.2, 0.25) is 0 Å². The van der Waals surface area contributed by atoms with Crippen molar-refractivity contribution >= 4 is 21.7 Å². The maximum Gasteiger partial charge on any atom is 0.144 e. The Morgan fingerprint density at radius 2 is 2.11 bits per heavy atom. The summed E-state index contributed by atoms with van der Waals surface area (Å²) in [4.78, 5) is 8.44. The van der Waals surface area contributed by atoms with Crippen LogP contribution < -0.4 is 10.1 Å². The Hall–Kier alpha value is -1.62. The maximum atomic E-state index is 5.71. The lowest BCUT2D eigenvalue weighted by Gasteiger charge is -2.09. The number of ether oxygens (including phenoxy) is 1. The molecule has 18 heavy (non-hydrogen) atoms. The standard InChI is InChI=1S/C13H14BrN3O/c1-9-5-10(14)3-4-12(9)18-8-11-6-17-13(15-2)7-16-11/h3-7H,8H2,1-2H3,(H,15,17). The number of nitrogens with one attached hydrogen (secondary N) is 1. The number of aromatic nitrogens is 2. The Morgan fingerprint density at radius 3 is 2.72 bits per heavy atom. The number of hydrogen-bond donors (Lipinski definition) is 1. The number of rotatable bonds is 4. The van der Waals surface area contributed by atoms with Gasteiger partial charge in [0, 0.05) is 11.5 Å². The van der Waals surface area contributed by atoms with Gasteiger partial charge in [-0.25, -0.2) is 4.98 Å². The summed E-state index contributed by atoms with van der Waals surface area (Å²) in [6.45, 7) is 2.43. The summed E-state index contributed by atoms with van der Waals surface area (Å²) in [5.74, 6) is 1.61. The van der Waals surface area contributed by atoms with Crippen LogP contribution in [-0.2, 0) is 6.61 Å². The first-order valence-electron chi connectivity index (χ1n) is 5.56. The minimum absolute atomic E-state index is 0.416. The summed E-state index contributed by atoms with van der Waals surface area (Å²) >= 11 is 3.42. The van der Waals surface area contributed by atoms with Gasteiger partial charge in [0.25, 0.3) is 0 Å². The van der Waals surface area contributed by atoms with Crippen molar-refractivity contribution < 1.29 is 4.74 Å². The molecule has 0 fully saturated rings. The number of anilines is 1. The van der Waals surface area contributed by atoms with Gasteiger partial charge in [0.05, 0.1) is 18.1 Å².